The molecule has 1 aromatic heterocycles. The van der Waals surface area contributed by atoms with Gasteiger partial charge in [0.15, 0.2) is 10.1 Å². The number of ketones is 1. The van der Waals surface area contributed by atoms with Crippen molar-refractivity contribution in [1.29, 1.82) is 0 Å². The molecule has 0 aliphatic heterocycles. The number of carbonyl (C=O) groups is 1. The van der Waals surface area contributed by atoms with E-state index in [4.69, 9.17) is 4.74 Å². The van der Waals surface area contributed by atoms with Gasteiger partial charge >= 0.3 is 0 Å². The Morgan fingerprint density at radius 1 is 1.33 bits per heavy atom. The summed E-state index contributed by atoms with van der Waals surface area (Å²) in [6, 6.07) is 7.31. The van der Waals surface area contributed by atoms with Crippen molar-refractivity contribution in [3.63, 3.8) is 0 Å². The molecule has 1 aromatic carbocycles. The second-order valence-electron chi connectivity index (χ2n) is 4.39. The van der Waals surface area contributed by atoms with Gasteiger partial charge in [-0.15, -0.1) is 10.2 Å². The molecule has 0 aliphatic rings. The number of anilines is 1. The summed E-state index contributed by atoms with van der Waals surface area (Å²) >= 11 is 2.88. The monoisotopic (exact) mass is 323 g/mol. The maximum absolute atomic E-state index is 12.3. The zero-order chi connectivity index (χ0) is 15.2. The molecule has 0 saturated heterocycles. The number of benzene rings is 1. The first-order valence-corrected chi connectivity index (χ1v) is 8.30. The van der Waals surface area contributed by atoms with Crippen LogP contribution in [0.1, 0.15) is 17.3 Å². The van der Waals surface area contributed by atoms with Gasteiger partial charge in [0.1, 0.15) is 5.75 Å². The number of aromatic nitrogens is 2. The van der Waals surface area contributed by atoms with Crippen LogP contribution in [-0.2, 0) is 0 Å². The number of Topliss-reactive ketones (excluding diaryl/α,β-unsaturated/α-hetero) is 1. The predicted molar refractivity (Wildman–Crippen MR) is 86.9 cm³/mol. The van der Waals surface area contributed by atoms with E-state index in [1.807, 2.05) is 44.1 Å². The average Bonchev–Trinajstić information content (AvgIpc) is 2.95. The van der Waals surface area contributed by atoms with E-state index in [9.17, 15) is 4.79 Å². The summed E-state index contributed by atoms with van der Waals surface area (Å²) in [6.07, 6.45) is 0. The molecule has 0 radical (unpaired) electrons. The van der Waals surface area contributed by atoms with Gasteiger partial charge in [-0.25, -0.2) is 0 Å². The van der Waals surface area contributed by atoms with Gasteiger partial charge < -0.3 is 9.64 Å². The normalized spacial score (nSPS) is 10.4. The van der Waals surface area contributed by atoms with Crippen LogP contribution in [-0.4, -0.2) is 42.4 Å². The van der Waals surface area contributed by atoms with Crippen molar-refractivity contribution in [2.45, 2.75) is 11.3 Å². The number of nitrogens with zero attached hydrogens (tertiary/aromatic N) is 3. The number of rotatable bonds is 7. The smallest absolute Gasteiger partial charge is 0.208 e. The lowest BCUT2D eigenvalue weighted by molar-refractivity contribution is 0.101. The van der Waals surface area contributed by atoms with Gasteiger partial charge in [-0.05, 0) is 19.1 Å². The number of ether oxygens (including phenoxy) is 1. The number of hydrogen-bond acceptors (Lipinski definition) is 7. The standard InChI is InChI=1S/C14H17N3O2S2/c1-4-19-12-8-6-5-7-10(12)11(18)9-20-14-16-15-13(21-14)17(2)3/h5-8H,4,9H2,1-3H3. The molecule has 2 rings (SSSR count). The van der Waals surface area contributed by atoms with Crippen LogP contribution in [0.2, 0.25) is 0 Å². The number of para-hydroxylation sites is 1. The second-order valence-corrected chi connectivity index (χ2v) is 6.56. The van der Waals surface area contributed by atoms with Crippen molar-refractivity contribution in [1.82, 2.24) is 10.2 Å². The SMILES string of the molecule is CCOc1ccccc1C(=O)CSc1nnc(N(C)C)s1. The van der Waals surface area contributed by atoms with Crippen molar-refractivity contribution >= 4 is 34.0 Å². The molecule has 0 N–H and O–H groups in total. The third-order valence-electron chi connectivity index (χ3n) is 2.59. The Balaban J connectivity index is 2.01. The van der Waals surface area contributed by atoms with E-state index >= 15 is 0 Å². The Morgan fingerprint density at radius 3 is 2.76 bits per heavy atom. The molecule has 0 unspecified atom stereocenters. The number of hydrogen-bond donors (Lipinski definition) is 0. The minimum atomic E-state index is 0.0330. The first-order valence-electron chi connectivity index (χ1n) is 6.50. The summed E-state index contributed by atoms with van der Waals surface area (Å²) in [5.41, 5.74) is 0.615. The first-order chi connectivity index (χ1) is 10.1. The molecule has 0 saturated carbocycles. The summed E-state index contributed by atoms with van der Waals surface area (Å²) < 4.78 is 6.28. The van der Waals surface area contributed by atoms with Gasteiger partial charge in [0.25, 0.3) is 0 Å². The highest BCUT2D eigenvalue weighted by Crippen LogP contribution is 2.28. The van der Waals surface area contributed by atoms with E-state index in [2.05, 4.69) is 10.2 Å². The lowest BCUT2D eigenvalue weighted by atomic mass is 10.1. The topological polar surface area (TPSA) is 55.3 Å². The lowest BCUT2D eigenvalue weighted by Crippen LogP contribution is -2.07. The summed E-state index contributed by atoms with van der Waals surface area (Å²) in [5, 5.41) is 8.95. The van der Waals surface area contributed by atoms with Crippen molar-refractivity contribution in [3.05, 3.63) is 29.8 Å². The largest absolute Gasteiger partial charge is 0.493 e. The third kappa shape index (κ3) is 4.18. The minimum Gasteiger partial charge on any atom is -0.493 e. The molecule has 1 heterocycles. The molecule has 0 aliphatic carbocycles. The van der Waals surface area contributed by atoms with Crippen LogP contribution >= 0.6 is 23.1 Å². The summed E-state index contributed by atoms with van der Waals surface area (Å²) in [5.74, 6) is 0.995. The summed E-state index contributed by atoms with van der Waals surface area (Å²) in [6.45, 7) is 2.44. The Kier molecular flexibility index (Phi) is 5.58. The van der Waals surface area contributed by atoms with Crippen molar-refractivity contribution in [2.75, 3.05) is 31.4 Å². The average molecular weight is 323 g/mol. The van der Waals surface area contributed by atoms with Crippen LogP contribution in [0, 0.1) is 0 Å². The third-order valence-corrected chi connectivity index (χ3v) is 4.82. The molecule has 0 fully saturated rings. The van der Waals surface area contributed by atoms with Crippen LogP contribution < -0.4 is 9.64 Å². The minimum absolute atomic E-state index is 0.0330. The van der Waals surface area contributed by atoms with E-state index in [0.717, 1.165) is 9.47 Å². The van der Waals surface area contributed by atoms with Gasteiger partial charge in [0.05, 0.1) is 17.9 Å². The zero-order valence-electron chi connectivity index (χ0n) is 12.2. The predicted octanol–water partition coefficient (Wildman–Crippen LogP) is 2.98. The fourth-order valence-corrected chi connectivity index (χ4v) is 3.27. The summed E-state index contributed by atoms with van der Waals surface area (Å²) in [7, 11) is 3.83. The van der Waals surface area contributed by atoms with E-state index in [1.165, 1.54) is 23.1 Å². The molecule has 112 valence electrons. The Hall–Kier alpha value is -1.60. The Morgan fingerprint density at radius 2 is 2.10 bits per heavy atom. The fourth-order valence-electron chi connectivity index (χ4n) is 1.62. The van der Waals surface area contributed by atoms with Crippen LogP contribution in [0.5, 0.6) is 5.75 Å². The molecule has 7 heteroatoms. The molecule has 0 atom stereocenters. The van der Waals surface area contributed by atoms with E-state index in [-0.39, 0.29) is 5.78 Å². The number of carbonyl (C=O) groups excluding carboxylic acids is 1. The van der Waals surface area contributed by atoms with Crippen molar-refractivity contribution in [2.24, 2.45) is 0 Å². The Bertz CT molecular complexity index is 614. The lowest BCUT2D eigenvalue weighted by Gasteiger charge is -2.08. The van der Waals surface area contributed by atoms with E-state index in [0.29, 0.717) is 23.7 Å². The first kappa shape index (κ1) is 15.8. The van der Waals surface area contributed by atoms with Gasteiger partial charge in [-0.3, -0.25) is 4.79 Å². The molecule has 2 aromatic rings. The van der Waals surface area contributed by atoms with Gasteiger partial charge in [0.2, 0.25) is 5.13 Å². The van der Waals surface area contributed by atoms with Crippen LogP contribution in [0.3, 0.4) is 0 Å². The van der Waals surface area contributed by atoms with Crippen molar-refractivity contribution < 1.29 is 9.53 Å². The van der Waals surface area contributed by atoms with Crippen LogP contribution in [0.15, 0.2) is 28.6 Å². The molecular formula is C14H17N3O2S2. The highest BCUT2D eigenvalue weighted by Gasteiger charge is 2.14. The molecule has 5 nitrogen and oxygen atoms in total. The maximum Gasteiger partial charge on any atom is 0.208 e. The summed E-state index contributed by atoms with van der Waals surface area (Å²) in [4.78, 5) is 14.2. The molecule has 0 amide bonds. The van der Waals surface area contributed by atoms with Crippen LogP contribution in [0.25, 0.3) is 0 Å². The fraction of sp³-hybridized carbons (Fsp3) is 0.357. The highest BCUT2D eigenvalue weighted by atomic mass is 32.2. The highest BCUT2D eigenvalue weighted by molar-refractivity contribution is 8.01. The van der Waals surface area contributed by atoms with Crippen molar-refractivity contribution in [3.8, 4) is 5.75 Å². The van der Waals surface area contributed by atoms with E-state index in [1.54, 1.807) is 6.07 Å². The van der Waals surface area contributed by atoms with Gasteiger partial charge in [-0.1, -0.05) is 35.2 Å². The molecule has 0 bridgehead atoms. The quantitative estimate of drug-likeness (QED) is 0.577. The molecule has 21 heavy (non-hydrogen) atoms. The van der Waals surface area contributed by atoms with Gasteiger partial charge in [0, 0.05) is 14.1 Å². The zero-order valence-corrected chi connectivity index (χ0v) is 13.8. The molecule has 0 spiro atoms. The van der Waals surface area contributed by atoms with Crippen LogP contribution in [0.4, 0.5) is 5.13 Å². The number of thioether (sulfide) groups is 1. The maximum atomic E-state index is 12.3. The molecular weight excluding hydrogens is 306 g/mol. The second kappa shape index (κ2) is 7.42. The van der Waals surface area contributed by atoms with Gasteiger partial charge in [-0.2, -0.15) is 0 Å². The Labute approximate surface area is 132 Å². The van der Waals surface area contributed by atoms with E-state index < -0.39 is 0 Å².